The average Bonchev–Trinajstić information content (AvgIpc) is 2.85. The van der Waals surface area contributed by atoms with Crippen molar-refractivity contribution in [3.8, 4) is 0 Å². The van der Waals surface area contributed by atoms with Gasteiger partial charge in [-0.05, 0) is 18.2 Å². The number of hydrogen-bond donors (Lipinski definition) is 1. The zero-order valence-corrected chi connectivity index (χ0v) is 12.4. The lowest BCUT2D eigenvalue weighted by Gasteiger charge is -2.38. The van der Waals surface area contributed by atoms with Crippen LogP contribution in [0.15, 0.2) is 18.2 Å². The average molecular weight is 329 g/mol. The van der Waals surface area contributed by atoms with Gasteiger partial charge in [0.1, 0.15) is 18.0 Å². The van der Waals surface area contributed by atoms with Crippen LogP contribution in [0.1, 0.15) is 10.4 Å². The predicted molar refractivity (Wildman–Crippen MR) is 75.3 cm³/mol. The van der Waals surface area contributed by atoms with Crippen molar-refractivity contribution in [3.05, 3.63) is 34.6 Å². The third-order valence-corrected chi connectivity index (χ3v) is 4.07. The third kappa shape index (κ3) is 2.62. The summed E-state index contributed by atoms with van der Waals surface area (Å²) in [4.78, 5) is 25.4. The highest BCUT2D eigenvalue weighted by Crippen LogP contribution is 2.27. The number of carbonyl (C=O) groups excluding carboxylic acids is 2. The van der Waals surface area contributed by atoms with Gasteiger partial charge in [0, 0.05) is 18.1 Å². The number of morpholine rings is 1. The highest BCUT2D eigenvalue weighted by atomic mass is 35.5. The molecule has 2 heterocycles. The van der Waals surface area contributed by atoms with E-state index in [4.69, 9.17) is 21.1 Å². The summed E-state index contributed by atoms with van der Waals surface area (Å²) in [6, 6.07) is 3.76. The van der Waals surface area contributed by atoms with Gasteiger partial charge in [-0.1, -0.05) is 11.6 Å². The van der Waals surface area contributed by atoms with Crippen LogP contribution in [0.3, 0.4) is 0 Å². The lowest BCUT2D eigenvalue weighted by molar-refractivity contribution is -0.0259. The summed E-state index contributed by atoms with van der Waals surface area (Å²) in [5.41, 5.74) is -0.877. The molecule has 1 unspecified atom stereocenters. The van der Waals surface area contributed by atoms with E-state index >= 15 is 0 Å². The molecule has 6 nitrogen and oxygen atoms in total. The van der Waals surface area contributed by atoms with E-state index in [9.17, 15) is 14.0 Å². The van der Waals surface area contributed by atoms with Crippen LogP contribution in [-0.2, 0) is 9.47 Å². The molecule has 0 aliphatic carbocycles. The Morgan fingerprint density at radius 1 is 1.45 bits per heavy atom. The number of amides is 2. The van der Waals surface area contributed by atoms with E-state index in [1.54, 1.807) is 4.90 Å². The summed E-state index contributed by atoms with van der Waals surface area (Å²) in [6.45, 7) is 1.33. The number of cyclic esters (lactones) is 1. The molecule has 1 aromatic rings. The first-order valence-electron chi connectivity index (χ1n) is 6.77. The number of benzene rings is 1. The van der Waals surface area contributed by atoms with Crippen molar-refractivity contribution in [3.63, 3.8) is 0 Å². The number of nitrogens with zero attached hydrogens (tertiary/aromatic N) is 1. The van der Waals surface area contributed by atoms with Gasteiger partial charge in [-0.2, -0.15) is 0 Å². The van der Waals surface area contributed by atoms with Crippen molar-refractivity contribution >= 4 is 23.6 Å². The van der Waals surface area contributed by atoms with E-state index in [2.05, 4.69) is 5.32 Å². The molecule has 118 valence electrons. The summed E-state index contributed by atoms with van der Waals surface area (Å²) < 4.78 is 24.1. The van der Waals surface area contributed by atoms with Gasteiger partial charge < -0.3 is 14.8 Å². The molecule has 2 aliphatic heterocycles. The molecule has 8 heteroatoms. The first-order chi connectivity index (χ1) is 10.5. The molecule has 1 atom stereocenters. The Bertz CT molecular complexity index is 627. The van der Waals surface area contributed by atoms with Crippen molar-refractivity contribution in [2.45, 2.75) is 5.54 Å². The molecule has 0 radical (unpaired) electrons. The summed E-state index contributed by atoms with van der Waals surface area (Å²) in [5.74, 6) is -1.26. The highest BCUT2D eigenvalue weighted by Gasteiger charge is 2.49. The summed E-state index contributed by atoms with van der Waals surface area (Å²) in [5, 5.41) is 2.90. The van der Waals surface area contributed by atoms with Gasteiger partial charge >= 0.3 is 6.09 Å². The highest BCUT2D eigenvalue weighted by molar-refractivity contribution is 6.31. The van der Waals surface area contributed by atoms with Crippen molar-refractivity contribution in [1.29, 1.82) is 0 Å². The lowest BCUT2D eigenvalue weighted by atomic mass is 9.99. The van der Waals surface area contributed by atoms with E-state index in [1.807, 2.05) is 0 Å². The van der Waals surface area contributed by atoms with Crippen molar-refractivity contribution in [2.24, 2.45) is 0 Å². The van der Waals surface area contributed by atoms with E-state index in [1.165, 1.54) is 12.1 Å². The molecule has 22 heavy (non-hydrogen) atoms. The molecule has 2 aliphatic rings. The fraction of sp³-hybridized carbons (Fsp3) is 0.429. The van der Waals surface area contributed by atoms with E-state index < -0.39 is 23.4 Å². The molecule has 0 bridgehead atoms. The molecule has 1 aromatic carbocycles. The zero-order valence-electron chi connectivity index (χ0n) is 11.6. The Labute approximate surface area is 131 Å². The predicted octanol–water partition coefficient (Wildman–Crippen LogP) is 1.43. The largest absolute Gasteiger partial charge is 0.447 e. The molecule has 2 fully saturated rings. The molecule has 2 amide bonds. The molecule has 2 saturated heterocycles. The smallest absolute Gasteiger partial charge is 0.410 e. The Balaban J connectivity index is 1.72. The van der Waals surface area contributed by atoms with Crippen molar-refractivity contribution in [2.75, 3.05) is 32.9 Å². The van der Waals surface area contributed by atoms with E-state index in [0.29, 0.717) is 13.2 Å². The first-order valence-corrected chi connectivity index (χ1v) is 7.15. The first kappa shape index (κ1) is 15.1. The number of fused-ring (bicyclic) bond motifs is 1. The topological polar surface area (TPSA) is 67.9 Å². The number of nitrogens with one attached hydrogen (secondary N) is 1. The van der Waals surface area contributed by atoms with Crippen molar-refractivity contribution < 1.29 is 23.5 Å². The summed E-state index contributed by atoms with van der Waals surface area (Å²) in [6.07, 6.45) is -0.425. The van der Waals surface area contributed by atoms with Crippen molar-refractivity contribution in [1.82, 2.24) is 10.2 Å². The van der Waals surface area contributed by atoms with Crippen LogP contribution in [0, 0.1) is 5.82 Å². The van der Waals surface area contributed by atoms with E-state index in [-0.39, 0.29) is 30.3 Å². The Hall–Kier alpha value is -1.86. The third-order valence-electron chi connectivity index (χ3n) is 3.84. The minimum Gasteiger partial charge on any atom is -0.447 e. The monoisotopic (exact) mass is 328 g/mol. The molecule has 0 spiro atoms. The molecule has 3 rings (SSSR count). The standard InChI is InChI=1S/C14H14ClFN2O4/c15-9-1-2-11(16)10(5-9)12(19)17-6-14-7-21-4-3-18(14)13(20)22-8-14/h1-2,5H,3-4,6-8H2,(H,17,19). The second kappa shape index (κ2) is 5.73. The van der Waals surface area contributed by atoms with Gasteiger partial charge in [-0.3, -0.25) is 9.69 Å². The summed E-state index contributed by atoms with van der Waals surface area (Å²) in [7, 11) is 0. The molecule has 0 saturated carbocycles. The van der Waals surface area contributed by atoms with Gasteiger partial charge in [0.05, 0.1) is 18.8 Å². The molecular weight excluding hydrogens is 315 g/mol. The SMILES string of the molecule is O=C(NCC12COCCN1C(=O)OC2)c1cc(Cl)ccc1F. The fourth-order valence-corrected chi connectivity index (χ4v) is 2.79. The summed E-state index contributed by atoms with van der Waals surface area (Å²) >= 11 is 5.78. The number of hydrogen-bond acceptors (Lipinski definition) is 4. The number of ether oxygens (including phenoxy) is 2. The maximum Gasteiger partial charge on any atom is 0.410 e. The zero-order chi connectivity index (χ0) is 15.7. The van der Waals surface area contributed by atoms with Crippen LogP contribution >= 0.6 is 11.6 Å². The minimum absolute atomic E-state index is 0.115. The van der Waals surface area contributed by atoms with Crippen LogP contribution in [0.4, 0.5) is 9.18 Å². The maximum atomic E-state index is 13.7. The normalized spacial score (nSPS) is 23.9. The van der Waals surface area contributed by atoms with Gasteiger partial charge in [0.25, 0.3) is 5.91 Å². The second-order valence-corrected chi connectivity index (χ2v) is 5.73. The Morgan fingerprint density at radius 2 is 2.27 bits per heavy atom. The number of carbonyl (C=O) groups is 2. The Morgan fingerprint density at radius 3 is 3.09 bits per heavy atom. The fourth-order valence-electron chi connectivity index (χ4n) is 2.62. The van der Waals surface area contributed by atoms with Crippen LogP contribution in [-0.4, -0.2) is 55.3 Å². The number of rotatable bonds is 3. The van der Waals surface area contributed by atoms with Gasteiger partial charge in [0.15, 0.2) is 0 Å². The van der Waals surface area contributed by atoms with Crippen LogP contribution in [0.5, 0.6) is 0 Å². The minimum atomic E-state index is -0.736. The maximum absolute atomic E-state index is 13.7. The lowest BCUT2D eigenvalue weighted by Crippen LogP contribution is -2.61. The quantitative estimate of drug-likeness (QED) is 0.911. The molecule has 1 N–H and O–H groups in total. The number of halogens is 2. The van der Waals surface area contributed by atoms with Crippen LogP contribution < -0.4 is 5.32 Å². The second-order valence-electron chi connectivity index (χ2n) is 5.29. The van der Waals surface area contributed by atoms with Gasteiger partial charge in [0.2, 0.25) is 0 Å². The van der Waals surface area contributed by atoms with Crippen LogP contribution in [0.25, 0.3) is 0 Å². The Kier molecular flexibility index (Phi) is 3.92. The van der Waals surface area contributed by atoms with E-state index in [0.717, 1.165) is 6.07 Å². The molecule has 0 aromatic heterocycles. The van der Waals surface area contributed by atoms with Gasteiger partial charge in [-0.15, -0.1) is 0 Å². The van der Waals surface area contributed by atoms with Crippen LogP contribution in [0.2, 0.25) is 5.02 Å². The molecular formula is C14H14ClFN2O4. The van der Waals surface area contributed by atoms with Gasteiger partial charge in [-0.25, -0.2) is 9.18 Å².